The third kappa shape index (κ3) is 2.65. The molecule has 0 aromatic carbocycles. The molecule has 0 amide bonds. The Bertz CT molecular complexity index is 594. The number of hydrogen-bond acceptors (Lipinski definition) is 5. The molecular formula is C16H21N3OS. The van der Waals surface area contributed by atoms with Crippen molar-refractivity contribution in [3.05, 3.63) is 40.2 Å². The van der Waals surface area contributed by atoms with Gasteiger partial charge in [-0.3, -0.25) is 9.80 Å². The summed E-state index contributed by atoms with van der Waals surface area (Å²) in [6.45, 7) is 6.38. The number of rotatable bonds is 4. The summed E-state index contributed by atoms with van der Waals surface area (Å²) in [7, 11) is 0. The summed E-state index contributed by atoms with van der Waals surface area (Å²) in [5.41, 5.74) is 0. The molecule has 0 bridgehead atoms. The van der Waals surface area contributed by atoms with E-state index in [9.17, 15) is 0 Å². The van der Waals surface area contributed by atoms with E-state index in [0.29, 0.717) is 12.1 Å². The Hall–Kier alpha value is -1.17. The number of likely N-dealkylation sites (tertiary alicyclic amines) is 2. The molecule has 4 heterocycles. The smallest absolute Gasteiger partial charge is 0.118 e. The van der Waals surface area contributed by atoms with E-state index in [4.69, 9.17) is 4.42 Å². The van der Waals surface area contributed by atoms with Crippen LogP contribution >= 0.6 is 11.3 Å². The Kier molecular flexibility index (Phi) is 3.57. The van der Waals surface area contributed by atoms with Gasteiger partial charge in [0.05, 0.1) is 13.1 Å². The molecule has 2 fully saturated rings. The Labute approximate surface area is 129 Å². The molecule has 2 aromatic heterocycles. The monoisotopic (exact) mass is 303 g/mol. The lowest BCUT2D eigenvalue weighted by Gasteiger charge is -2.24. The fourth-order valence-electron chi connectivity index (χ4n) is 3.83. The number of fused-ring (bicyclic) bond motifs is 1. The highest BCUT2D eigenvalue weighted by atomic mass is 32.1. The lowest BCUT2D eigenvalue weighted by atomic mass is 10.1. The summed E-state index contributed by atoms with van der Waals surface area (Å²) in [6, 6.07) is 5.57. The van der Waals surface area contributed by atoms with Crippen molar-refractivity contribution in [1.29, 1.82) is 0 Å². The number of hydrogen-bond donors (Lipinski definition) is 0. The molecule has 0 aliphatic carbocycles. The van der Waals surface area contributed by atoms with Gasteiger partial charge in [0.2, 0.25) is 0 Å². The Morgan fingerprint density at radius 1 is 1.19 bits per heavy atom. The standard InChI is InChI=1S/C16H21N3OS/c1-12-2-3-13(20-12)10-18-7-4-15-14(18)5-8-19(15)11-16-17-6-9-21-16/h2-3,6,9,14-15H,4-5,7-8,10-11H2,1H3/t14-,15+/m0/s1. The van der Waals surface area contributed by atoms with E-state index in [-0.39, 0.29) is 0 Å². The summed E-state index contributed by atoms with van der Waals surface area (Å²) in [5.74, 6) is 2.11. The van der Waals surface area contributed by atoms with Gasteiger partial charge in [-0.05, 0) is 31.9 Å². The van der Waals surface area contributed by atoms with Crippen LogP contribution in [-0.4, -0.2) is 40.0 Å². The number of furan rings is 1. The molecule has 0 saturated carbocycles. The van der Waals surface area contributed by atoms with Crippen molar-refractivity contribution in [2.24, 2.45) is 0 Å². The lowest BCUT2D eigenvalue weighted by molar-refractivity contribution is 0.202. The molecule has 112 valence electrons. The average Bonchev–Trinajstić information content (AvgIpc) is 3.20. The molecule has 0 N–H and O–H groups in total. The first-order chi connectivity index (χ1) is 10.3. The van der Waals surface area contributed by atoms with Crippen molar-refractivity contribution < 1.29 is 4.42 Å². The van der Waals surface area contributed by atoms with Crippen LogP contribution in [-0.2, 0) is 13.1 Å². The van der Waals surface area contributed by atoms with Gasteiger partial charge in [0.1, 0.15) is 16.5 Å². The van der Waals surface area contributed by atoms with Crippen molar-refractivity contribution in [2.45, 2.75) is 44.9 Å². The molecule has 0 unspecified atom stereocenters. The largest absolute Gasteiger partial charge is 0.465 e. The van der Waals surface area contributed by atoms with Crippen LogP contribution < -0.4 is 0 Å². The molecule has 2 aliphatic heterocycles. The zero-order chi connectivity index (χ0) is 14.2. The van der Waals surface area contributed by atoms with Gasteiger partial charge in [0.25, 0.3) is 0 Å². The average molecular weight is 303 g/mol. The maximum absolute atomic E-state index is 5.74. The van der Waals surface area contributed by atoms with E-state index >= 15 is 0 Å². The molecular weight excluding hydrogens is 282 g/mol. The van der Waals surface area contributed by atoms with Crippen LogP contribution in [0, 0.1) is 6.92 Å². The quantitative estimate of drug-likeness (QED) is 0.869. The maximum Gasteiger partial charge on any atom is 0.118 e. The van der Waals surface area contributed by atoms with E-state index in [0.717, 1.165) is 24.6 Å². The molecule has 4 nitrogen and oxygen atoms in total. The van der Waals surface area contributed by atoms with Gasteiger partial charge in [-0.25, -0.2) is 4.98 Å². The predicted octanol–water partition coefficient (Wildman–Crippen LogP) is 2.89. The van der Waals surface area contributed by atoms with Crippen LogP contribution in [0.15, 0.2) is 28.1 Å². The highest BCUT2D eigenvalue weighted by Crippen LogP contribution is 2.33. The van der Waals surface area contributed by atoms with Gasteiger partial charge < -0.3 is 4.42 Å². The minimum atomic E-state index is 0.690. The minimum absolute atomic E-state index is 0.690. The summed E-state index contributed by atoms with van der Waals surface area (Å²) in [4.78, 5) is 9.66. The highest BCUT2D eigenvalue weighted by molar-refractivity contribution is 7.09. The molecule has 4 rings (SSSR count). The number of aryl methyl sites for hydroxylation is 1. The predicted molar refractivity (Wildman–Crippen MR) is 83.2 cm³/mol. The maximum atomic E-state index is 5.74. The van der Waals surface area contributed by atoms with Crippen LogP contribution in [0.1, 0.15) is 29.4 Å². The fraction of sp³-hybridized carbons (Fsp3) is 0.562. The van der Waals surface area contributed by atoms with Crippen LogP contribution in [0.3, 0.4) is 0 Å². The lowest BCUT2D eigenvalue weighted by Crippen LogP contribution is -2.35. The van der Waals surface area contributed by atoms with Crippen molar-refractivity contribution in [2.75, 3.05) is 13.1 Å². The SMILES string of the molecule is Cc1ccc(CN2CC[C@@H]3[C@@H]2CCN3Cc2nccs2)o1. The molecule has 0 spiro atoms. The first-order valence-electron chi connectivity index (χ1n) is 7.71. The second-order valence-electron chi connectivity index (χ2n) is 6.09. The van der Waals surface area contributed by atoms with Crippen LogP contribution in [0.5, 0.6) is 0 Å². The molecule has 21 heavy (non-hydrogen) atoms. The van der Waals surface area contributed by atoms with Crippen molar-refractivity contribution >= 4 is 11.3 Å². The summed E-state index contributed by atoms with van der Waals surface area (Å²) < 4.78 is 5.74. The molecule has 2 saturated heterocycles. The number of aromatic nitrogens is 1. The Morgan fingerprint density at radius 3 is 2.57 bits per heavy atom. The van der Waals surface area contributed by atoms with E-state index in [1.807, 2.05) is 13.1 Å². The first-order valence-corrected chi connectivity index (χ1v) is 8.59. The minimum Gasteiger partial charge on any atom is -0.465 e. The fourth-order valence-corrected chi connectivity index (χ4v) is 4.47. The van der Waals surface area contributed by atoms with E-state index in [2.05, 4.69) is 32.3 Å². The molecule has 2 aromatic rings. The van der Waals surface area contributed by atoms with E-state index < -0.39 is 0 Å². The van der Waals surface area contributed by atoms with Gasteiger partial charge in [-0.2, -0.15) is 0 Å². The van der Waals surface area contributed by atoms with Crippen molar-refractivity contribution in [1.82, 2.24) is 14.8 Å². The highest BCUT2D eigenvalue weighted by Gasteiger charge is 2.42. The molecule has 2 aliphatic rings. The van der Waals surface area contributed by atoms with Crippen LogP contribution in [0.25, 0.3) is 0 Å². The van der Waals surface area contributed by atoms with Gasteiger partial charge in [0.15, 0.2) is 0 Å². The summed E-state index contributed by atoms with van der Waals surface area (Å²) in [6.07, 6.45) is 4.46. The third-order valence-electron chi connectivity index (χ3n) is 4.78. The first kappa shape index (κ1) is 13.5. The van der Waals surface area contributed by atoms with Crippen LogP contribution in [0.2, 0.25) is 0 Å². The molecule has 0 radical (unpaired) electrons. The van der Waals surface area contributed by atoms with Gasteiger partial charge >= 0.3 is 0 Å². The van der Waals surface area contributed by atoms with Crippen LogP contribution in [0.4, 0.5) is 0 Å². The molecule has 5 heteroatoms. The Balaban J connectivity index is 1.41. The van der Waals surface area contributed by atoms with Crippen molar-refractivity contribution in [3.63, 3.8) is 0 Å². The van der Waals surface area contributed by atoms with Gasteiger partial charge in [0, 0.05) is 36.8 Å². The zero-order valence-corrected chi connectivity index (χ0v) is 13.2. The second-order valence-corrected chi connectivity index (χ2v) is 7.07. The topological polar surface area (TPSA) is 32.5 Å². The summed E-state index contributed by atoms with van der Waals surface area (Å²) >= 11 is 1.77. The Morgan fingerprint density at radius 2 is 1.95 bits per heavy atom. The van der Waals surface area contributed by atoms with Gasteiger partial charge in [-0.1, -0.05) is 0 Å². The number of nitrogens with zero attached hydrogens (tertiary/aromatic N) is 3. The second kappa shape index (κ2) is 5.55. The van der Waals surface area contributed by atoms with E-state index in [1.165, 1.54) is 30.9 Å². The zero-order valence-electron chi connectivity index (χ0n) is 12.4. The number of thiazole rings is 1. The summed E-state index contributed by atoms with van der Waals surface area (Å²) in [5, 5.41) is 3.32. The molecule has 2 atom stereocenters. The van der Waals surface area contributed by atoms with E-state index in [1.54, 1.807) is 11.3 Å². The van der Waals surface area contributed by atoms with Crippen molar-refractivity contribution in [3.8, 4) is 0 Å². The normalized spacial score (nSPS) is 26.5. The van der Waals surface area contributed by atoms with Gasteiger partial charge in [-0.15, -0.1) is 11.3 Å². The third-order valence-corrected chi connectivity index (χ3v) is 5.55.